The van der Waals surface area contributed by atoms with Crippen LogP contribution in [-0.2, 0) is 0 Å². The minimum absolute atomic E-state index is 0.891. The molecule has 1 heterocycles. The quantitative estimate of drug-likeness (QED) is 0.162. The average molecular weight is 740 g/mol. The van der Waals surface area contributed by atoms with E-state index in [1.54, 1.807) is 0 Å². The SMILES string of the molecule is c1cc(-c2cccc(N(c3ccc(-c4cccc5ccccc45)cc3)c3ccccc3-c3ccc4oc5ccccc5c4c3)c2)cc(-c2ccc3ccccc3c2)c1. The highest BCUT2D eigenvalue weighted by Crippen LogP contribution is 2.44. The van der Waals surface area contributed by atoms with E-state index >= 15 is 0 Å². The van der Waals surface area contributed by atoms with Crippen molar-refractivity contribution >= 4 is 60.5 Å². The Kier molecular flexibility index (Phi) is 8.19. The maximum atomic E-state index is 6.23. The molecule has 0 atom stereocenters. The van der Waals surface area contributed by atoms with E-state index in [0.717, 1.165) is 55.7 Å². The number of para-hydroxylation sites is 2. The number of benzene rings is 10. The molecule has 0 spiro atoms. The molecule has 272 valence electrons. The lowest BCUT2D eigenvalue weighted by Crippen LogP contribution is -2.11. The van der Waals surface area contributed by atoms with Gasteiger partial charge in [-0.25, -0.2) is 0 Å². The van der Waals surface area contributed by atoms with Gasteiger partial charge in [0.15, 0.2) is 0 Å². The van der Waals surface area contributed by atoms with Crippen LogP contribution in [0.3, 0.4) is 0 Å². The lowest BCUT2D eigenvalue weighted by atomic mass is 9.96. The molecular weight excluding hydrogens is 703 g/mol. The molecule has 11 aromatic rings. The minimum Gasteiger partial charge on any atom is -0.456 e. The Hall–Kier alpha value is -7.68. The highest BCUT2D eigenvalue weighted by Gasteiger charge is 2.19. The molecule has 2 nitrogen and oxygen atoms in total. The fourth-order valence-electron chi connectivity index (χ4n) is 8.57. The molecule has 0 bridgehead atoms. The molecule has 0 aliphatic carbocycles. The largest absolute Gasteiger partial charge is 0.456 e. The van der Waals surface area contributed by atoms with Crippen LogP contribution in [0.1, 0.15) is 0 Å². The fraction of sp³-hybridized carbons (Fsp3) is 0. The van der Waals surface area contributed by atoms with Gasteiger partial charge in [0.25, 0.3) is 0 Å². The third-order valence-corrected chi connectivity index (χ3v) is 11.4. The number of furan rings is 1. The summed E-state index contributed by atoms with van der Waals surface area (Å²) in [6.45, 7) is 0. The second-order valence-corrected chi connectivity index (χ2v) is 14.9. The second-order valence-electron chi connectivity index (χ2n) is 14.9. The van der Waals surface area contributed by atoms with E-state index in [9.17, 15) is 0 Å². The molecule has 2 heteroatoms. The Labute approximate surface area is 337 Å². The van der Waals surface area contributed by atoms with Crippen LogP contribution in [0.5, 0.6) is 0 Å². The Bertz CT molecular complexity index is 3290. The van der Waals surface area contributed by atoms with Gasteiger partial charge >= 0.3 is 0 Å². The van der Waals surface area contributed by atoms with Gasteiger partial charge in [0.1, 0.15) is 11.2 Å². The molecule has 0 unspecified atom stereocenters. The zero-order valence-electron chi connectivity index (χ0n) is 31.7. The van der Waals surface area contributed by atoms with Gasteiger partial charge < -0.3 is 9.32 Å². The summed E-state index contributed by atoms with van der Waals surface area (Å²) in [5, 5.41) is 7.22. The van der Waals surface area contributed by atoms with E-state index < -0.39 is 0 Å². The van der Waals surface area contributed by atoms with Crippen molar-refractivity contribution in [1.29, 1.82) is 0 Å². The van der Waals surface area contributed by atoms with Crippen molar-refractivity contribution in [2.45, 2.75) is 0 Å². The highest BCUT2D eigenvalue weighted by atomic mass is 16.3. The molecule has 10 aromatic carbocycles. The van der Waals surface area contributed by atoms with E-state index in [2.05, 4.69) is 217 Å². The fourth-order valence-corrected chi connectivity index (χ4v) is 8.57. The maximum Gasteiger partial charge on any atom is 0.135 e. The van der Waals surface area contributed by atoms with Gasteiger partial charge in [-0.05, 0) is 121 Å². The molecule has 0 fully saturated rings. The van der Waals surface area contributed by atoms with Crippen molar-refractivity contribution in [2.24, 2.45) is 0 Å². The maximum absolute atomic E-state index is 6.23. The molecule has 11 rings (SSSR count). The summed E-state index contributed by atoms with van der Waals surface area (Å²) in [5.41, 5.74) is 14.4. The molecule has 0 radical (unpaired) electrons. The van der Waals surface area contributed by atoms with Gasteiger partial charge in [-0.2, -0.15) is 0 Å². The van der Waals surface area contributed by atoms with Crippen LogP contribution in [-0.4, -0.2) is 0 Å². The summed E-state index contributed by atoms with van der Waals surface area (Å²) >= 11 is 0. The van der Waals surface area contributed by atoms with Crippen LogP contribution in [0.2, 0.25) is 0 Å². The van der Waals surface area contributed by atoms with Crippen molar-refractivity contribution < 1.29 is 4.42 Å². The molecule has 0 saturated carbocycles. The van der Waals surface area contributed by atoms with Gasteiger partial charge in [0, 0.05) is 27.7 Å². The van der Waals surface area contributed by atoms with Crippen LogP contribution in [0.25, 0.3) is 88.0 Å². The molecule has 58 heavy (non-hydrogen) atoms. The third-order valence-electron chi connectivity index (χ3n) is 11.4. The summed E-state index contributed by atoms with van der Waals surface area (Å²) in [7, 11) is 0. The number of anilines is 3. The predicted octanol–water partition coefficient (Wildman–Crippen LogP) is 16.0. The summed E-state index contributed by atoms with van der Waals surface area (Å²) in [4.78, 5) is 2.40. The Balaban J connectivity index is 1.05. The molecule has 0 amide bonds. The monoisotopic (exact) mass is 739 g/mol. The van der Waals surface area contributed by atoms with Crippen molar-refractivity contribution in [3.8, 4) is 44.5 Å². The van der Waals surface area contributed by atoms with Crippen LogP contribution in [0.4, 0.5) is 17.1 Å². The Morgan fingerprint density at radius 2 is 0.862 bits per heavy atom. The van der Waals surface area contributed by atoms with Gasteiger partial charge in [0.2, 0.25) is 0 Å². The number of hydrogen-bond acceptors (Lipinski definition) is 2. The first-order chi connectivity index (χ1) is 28.7. The van der Waals surface area contributed by atoms with Gasteiger partial charge in [-0.15, -0.1) is 0 Å². The van der Waals surface area contributed by atoms with E-state index in [1.165, 1.54) is 49.4 Å². The highest BCUT2D eigenvalue weighted by molar-refractivity contribution is 6.07. The van der Waals surface area contributed by atoms with E-state index in [-0.39, 0.29) is 0 Å². The smallest absolute Gasteiger partial charge is 0.135 e. The van der Waals surface area contributed by atoms with E-state index in [1.807, 2.05) is 12.1 Å². The molecule has 0 saturated heterocycles. The van der Waals surface area contributed by atoms with Gasteiger partial charge in [0.05, 0.1) is 5.69 Å². The van der Waals surface area contributed by atoms with Crippen LogP contribution >= 0.6 is 0 Å². The minimum atomic E-state index is 0.891. The molecule has 1 aromatic heterocycles. The topological polar surface area (TPSA) is 16.4 Å². The van der Waals surface area contributed by atoms with Gasteiger partial charge in [-0.1, -0.05) is 164 Å². The number of nitrogens with zero attached hydrogens (tertiary/aromatic N) is 1. The van der Waals surface area contributed by atoms with Crippen LogP contribution in [0.15, 0.2) is 229 Å². The molecule has 0 aliphatic rings. The number of rotatable bonds is 7. The summed E-state index contributed by atoms with van der Waals surface area (Å²) in [6, 6.07) is 80.9. The van der Waals surface area contributed by atoms with Crippen molar-refractivity contribution in [1.82, 2.24) is 0 Å². The lowest BCUT2D eigenvalue weighted by Gasteiger charge is -2.28. The van der Waals surface area contributed by atoms with Crippen molar-refractivity contribution in [3.63, 3.8) is 0 Å². The van der Waals surface area contributed by atoms with Gasteiger partial charge in [-0.3, -0.25) is 0 Å². The number of fused-ring (bicyclic) bond motifs is 5. The second kappa shape index (κ2) is 14.1. The Morgan fingerprint density at radius 1 is 0.276 bits per heavy atom. The van der Waals surface area contributed by atoms with Crippen LogP contribution in [0, 0.1) is 0 Å². The number of hydrogen-bond donors (Lipinski definition) is 0. The zero-order valence-corrected chi connectivity index (χ0v) is 31.7. The van der Waals surface area contributed by atoms with Crippen LogP contribution < -0.4 is 4.90 Å². The average Bonchev–Trinajstić information content (AvgIpc) is 3.67. The summed E-state index contributed by atoms with van der Waals surface area (Å²) in [6.07, 6.45) is 0. The van der Waals surface area contributed by atoms with E-state index in [4.69, 9.17) is 4.42 Å². The standard InChI is InChI=1S/C56H37NO/c1-2-14-41-34-45(27-26-38(41)12-1)43-17-9-16-42(35-43)44-18-10-19-48(36-44)57(47-31-28-40(29-32-47)50-23-11-15-39-13-3-4-20-49(39)50)54-24-7-5-21-51(54)46-30-33-56-53(37-46)52-22-6-8-25-55(52)58-56/h1-37H. The zero-order chi connectivity index (χ0) is 38.4. The molecule has 0 aliphatic heterocycles. The first-order valence-electron chi connectivity index (χ1n) is 19.8. The normalized spacial score (nSPS) is 11.4. The predicted molar refractivity (Wildman–Crippen MR) is 245 cm³/mol. The summed E-state index contributed by atoms with van der Waals surface area (Å²) < 4.78 is 6.23. The first-order valence-corrected chi connectivity index (χ1v) is 19.8. The molecule has 0 N–H and O–H groups in total. The van der Waals surface area contributed by atoms with E-state index in [0.29, 0.717) is 0 Å². The Morgan fingerprint density at radius 3 is 1.72 bits per heavy atom. The molecular formula is C56H37NO. The first kappa shape index (κ1) is 33.6. The van der Waals surface area contributed by atoms with Crippen molar-refractivity contribution in [2.75, 3.05) is 4.90 Å². The third kappa shape index (κ3) is 6.00. The van der Waals surface area contributed by atoms with Crippen molar-refractivity contribution in [3.05, 3.63) is 224 Å². The summed E-state index contributed by atoms with van der Waals surface area (Å²) in [5.74, 6) is 0. The lowest BCUT2D eigenvalue weighted by molar-refractivity contribution is 0.669.